The van der Waals surface area contributed by atoms with Gasteiger partial charge in [-0.05, 0) is 38.5 Å². The predicted octanol–water partition coefficient (Wildman–Crippen LogP) is 3.22. The van der Waals surface area contributed by atoms with Crippen molar-refractivity contribution in [3.05, 3.63) is 35.9 Å². The molecule has 1 aromatic carbocycles. The maximum absolute atomic E-state index is 11.7. The van der Waals surface area contributed by atoms with Crippen molar-refractivity contribution in [1.82, 2.24) is 0 Å². The van der Waals surface area contributed by atoms with Crippen molar-refractivity contribution in [3.63, 3.8) is 0 Å². The van der Waals surface area contributed by atoms with E-state index in [1.807, 2.05) is 0 Å². The van der Waals surface area contributed by atoms with Gasteiger partial charge in [0.05, 0.1) is 12.8 Å². The first kappa shape index (κ1) is 15.8. The van der Waals surface area contributed by atoms with Crippen molar-refractivity contribution in [2.45, 2.75) is 26.4 Å². The SMILES string of the molecule is COC(=O)C=Cc1ccccc1NC(=O)OC(C)(C)C. The Morgan fingerprint density at radius 1 is 1.20 bits per heavy atom. The highest BCUT2D eigenvalue weighted by molar-refractivity contribution is 5.91. The fourth-order valence-corrected chi connectivity index (χ4v) is 1.40. The molecule has 1 aromatic rings. The molecule has 1 N–H and O–H groups in total. The van der Waals surface area contributed by atoms with Gasteiger partial charge >= 0.3 is 12.1 Å². The van der Waals surface area contributed by atoms with Crippen molar-refractivity contribution in [1.29, 1.82) is 0 Å². The molecule has 108 valence electrons. The standard InChI is InChI=1S/C15H19NO4/c1-15(2,3)20-14(18)16-12-8-6-5-7-11(12)9-10-13(17)19-4/h5-10H,1-4H3,(H,16,18). The molecule has 1 rings (SSSR count). The van der Waals surface area contributed by atoms with E-state index in [9.17, 15) is 9.59 Å². The second-order valence-electron chi connectivity index (χ2n) is 5.07. The molecule has 0 radical (unpaired) electrons. The number of anilines is 1. The summed E-state index contributed by atoms with van der Waals surface area (Å²) in [6.45, 7) is 5.36. The zero-order valence-corrected chi connectivity index (χ0v) is 12.1. The highest BCUT2D eigenvalue weighted by Gasteiger charge is 2.16. The van der Waals surface area contributed by atoms with Crippen LogP contribution in [-0.2, 0) is 14.3 Å². The Morgan fingerprint density at radius 3 is 2.45 bits per heavy atom. The fourth-order valence-electron chi connectivity index (χ4n) is 1.40. The Kier molecular flexibility index (Phi) is 5.32. The molecular weight excluding hydrogens is 258 g/mol. The molecule has 1 amide bonds. The smallest absolute Gasteiger partial charge is 0.412 e. The molecule has 0 unspecified atom stereocenters. The number of esters is 1. The Labute approximate surface area is 118 Å². The average Bonchev–Trinajstić information content (AvgIpc) is 2.35. The van der Waals surface area contributed by atoms with Crippen LogP contribution in [0.3, 0.4) is 0 Å². The number of carbonyl (C=O) groups is 2. The van der Waals surface area contributed by atoms with Crippen LogP contribution in [-0.4, -0.2) is 24.8 Å². The van der Waals surface area contributed by atoms with E-state index in [0.717, 1.165) is 0 Å². The minimum atomic E-state index is -0.569. The van der Waals surface area contributed by atoms with Gasteiger partial charge in [-0.3, -0.25) is 5.32 Å². The third-order valence-corrected chi connectivity index (χ3v) is 2.20. The Bertz CT molecular complexity index is 515. The van der Waals surface area contributed by atoms with Gasteiger partial charge in [0.1, 0.15) is 5.60 Å². The van der Waals surface area contributed by atoms with Crippen LogP contribution in [0.25, 0.3) is 6.08 Å². The lowest BCUT2D eigenvalue weighted by atomic mass is 10.1. The molecular formula is C15H19NO4. The number of benzene rings is 1. The zero-order chi connectivity index (χ0) is 15.2. The second kappa shape index (κ2) is 6.75. The number of methoxy groups -OCH3 is 1. The molecule has 0 aliphatic carbocycles. The number of hydrogen-bond donors (Lipinski definition) is 1. The average molecular weight is 277 g/mol. The first-order valence-electron chi connectivity index (χ1n) is 6.17. The van der Waals surface area contributed by atoms with Crippen LogP contribution in [0.5, 0.6) is 0 Å². The lowest BCUT2D eigenvalue weighted by Crippen LogP contribution is -2.27. The normalized spacial score (nSPS) is 11.2. The maximum Gasteiger partial charge on any atom is 0.412 e. The summed E-state index contributed by atoms with van der Waals surface area (Å²) in [5, 5.41) is 2.64. The summed E-state index contributed by atoms with van der Waals surface area (Å²) in [4.78, 5) is 22.8. The van der Waals surface area contributed by atoms with Crippen LogP contribution >= 0.6 is 0 Å². The fraction of sp³-hybridized carbons (Fsp3) is 0.333. The molecule has 20 heavy (non-hydrogen) atoms. The topological polar surface area (TPSA) is 64.6 Å². The van der Waals surface area contributed by atoms with Gasteiger partial charge < -0.3 is 9.47 Å². The van der Waals surface area contributed by atoms with Crippen LogP contribution < -0.4 is 5.32 Å². The number of amides is 1. The minimum Gasteiger partial charge on any atom is -0.466 e. The zero-order valence-electron chi connectivity index (χ0n) is 12.1. The van der Waals surface area contributed by atoms with E-state index < -0.39 is 17.7 Å². The highest BCUT2D eigenvalue weighted by Crippen LogP contribution is 2.18. The molecule has 0 spiro atoms. The van der Waals surface area contributed by atoms with Gasteiger partial charge in [-0.1, -0.05) is 18.2 Å². The molecule has 0 fully saturated rings. The van der Waals surface area contributed by atoms with Crippen LogP contribution in [0.2, 0.25) is 0 Å². The lowest BCUT2D eigenvalue weighted by molar-refractivity contribution is -0.134. The van der Waals surface area contributed by atoms with Crippen LogP contribution in [0.15, 0.2) is 30.3 Å². The van der Waals surface area contributed by atoms with E-state index in [1.54, 1.807) is 51.1 Å². The molecule has 0 aromatic heterocycles. The number of para-hydroxylation sites is 1. The molecule has 0 bridgehead atoms. The maximum atomic E-state index is 11.7. The molecule has 0 aliphatic heterocycles. The van der Waals surface area contributed by atoms with Gasteiger partial charge in [-0.2, -0.15) is 0 Å². The Hall–Kier alpha value is -2.30. The van der Waals surface area contributed by atoms with Crippen LogP contribution in [0, 0.1) is 0 Å². The van der Waals surface area contributed by atoms with E-state index in [-0.39, 0.29) is 0 Å². The molecule has 5 heteroatoms. The number of ether oxygens (including phenoxy) is 2. The van der Waals surface area contributed by atoms with E-state index >= 15 is 0 Å². The van der Waals surface area contributed by atoms with Crippen molar-refractivity contribution < 1.29 is 19.1 Å². The van der Waals surface area contributed by atoms with Gasteiger partial charge in [0.15, 0.2) is 0 Å². The molecule has 0 aliphatic rings. The number of hydrogen-bond acceptors (Lipinski definition) is 4. The summed E-state index contributed by atoms with van der Waals surface area (Å²) < 4.78 is 9.70. The summed E-state index contributed by atoms with van der Waals surface area (Å²) in [6.07, 6.45) is 2.31. The van der Waals surface area contributed by atoms with Gasteiger partial charge in [0.25, 0.3) is 0 Å². The monoisotopic (exact) mass is 277 g/mol. The predicted molar refractivity (Wildman–Crippen MR) is 77.3 cm³/mol. The van der Waals surface area contributed by atoms with Crippen LogP contribution in [0.1, 0.15) is 26.3 Å². The number of nitrogens with one attached hydrogen (secondary N) is 1. The molecule has 0 atom stereocenters. The summed E-state index contributed by atoms with van der Waals surface area (Å²) in [5.74, 6) is -0.461. The molecule has 0 heterocycles. The largest absolute Gasteiger partial charge is 0.466 e. The van der Waals surface area contributed by atoms with Crippen molar-refractivity contribution in [3.8, 4) is 0 Å². The number of rotatable bonds is 3. The number of carbonyl (C=O) groups excluding carboxylic acids is 2. The van der Waals surface area contributed by atoms with Gasteiger partial charge in [0.2, 0.25) is 0 Å². The first-order chi connectivity index (χ1) is 9.31. The van der Waals surface area contributed by atoms with Gasteiger partial charge in [-0.15, -0.1) is 0 Å². The summed E-state index contributed by atoms with van der Waals surface area (Å²) in [5.41, 5.74) is 0.673. The summed E-state index contributed by atoms with van der Waals surface area (Å²) in [6, 6.07) is 7.08. The molecule has 5 nitrogen and oxygen atoms in total. The van der Waals surface area contributed by atoms with Gasteiger partial charge in [0, 0.05) is 6.08 Å². The second-order valence-corrected chi connectivity index (χ2v) is 5.07. The van der Waals surface area contributed by atoms with E-state index in [1.165, 1.54) is 13.2 Å². The summed E-state index contributed by atoms with van der Waals surface area (Å²) in [7, 11) is 1.30. The van der Waals surface area contributed by atoms with Crippen molar-refractivity contribution in [2.75, 3.05) is 12.4 Å². The quantitative estimate of drug-likeness (QED) is 0.680. The summed E-state index contributed by atoms with van der Waals surface area (Å²) >= 11 is 0. The molecule has 0 saturated carbocycles. The third-order valence-electron chi connectivity index (χ3n) is 2.20. The Morgan fingerprint density at radius 2 is 1.85 bits per heavy atom. The Balaban J connectivity index is 2.83. The van der Waals surface area contributed by atoms with E-state index in [4.69, 9.17) is 4.74 Å². The van der Waals surface area contributed by atoms with Crippen LogP contribution in [0.4, 0.5) is 10.5 Å². The lowest BCUT2D eigenvalue weighted by Gasteiger charge is -2.20. The van der Waals surface area contributed by atoms with E-state index in [0.29, 0.717) is 11.3 Å². The first-order valence-corrected chi connectivity index (χ1v) is 6.17. The van der Waals surface area contributed by atoms with Gasteiger partial charge in [-0.25, -0.2) is 9.59 Å². The minimum absolute atomic E-state index is 0.461. The van der Waals surface area contributed by atoms with Crippen molar-refractivity contribution >= 4 is 23.8 Å². The third kappa shape index (κ3) is 5.56. The molecule has 0 saturated heterocycles. The highest BCUT2D eigenvalue weighted by atomic mass is 16.6. The van der Waals surface area contributed by atoms with Crippen molar-refractivity contribution in [2.24, 2.45) is 0 Å². The van der Waals surface area contributed by atoms with E-state index in [2.05, 4.69) is 10.1 Å².